The Morgan fingerprint density at radius 2 is 1.52 bits per heavy atom. The summed E-state index contributed by atoms with van der Waals surface area (Å²) in [4.78, 5) is 5.18. The molecule has 1 aliphatic rings. The Bertz CT molecular complexity index is 384. The van der Waals surface area contributed by atoms with Crippen LogP contribution in [0.25, 0.3) is 0 Å². The van der Waals surface area contributed by atoms with E-state index >= 15 is 0 Å². The van der Waals surface area contributed by atoms with Gasteiger partial charge in [-0.15, -0.1) is 0 Å². The van der Waals surface area contributed by atoms with Gasteiger partial charge >= 0.3 is 0 Å². The lowest BCUT2D eigenvalue weighted by atomic mass is 9.82. The van der Waals surface area contributed by atoms with Crippen LogP contribution >= 0.6 is 0 Å². The maximum atomic E-state index is 6.04. The number of hydrogen-bond acceptors (Lipinski definition) is 3. The quantitative estimate of drug-likeness (QED) is 0.837. The van der Waals surface area contributed by atoms with Gasteiger partial charge in [0.05, 0.1) is 0 Å². The molecule has 3 nitrogen and oxygen atoms in total. The third-order valence-electron chi connectivity index (χ3n) is 5.21. The van der Waals surface area contributed by atoms with Crippen LogP contribution in [0.1, 0.15) is 32.3 Å². The molecule has 0 radical (unpaired) electrons. The van der Waals surface area contributed by atoms with E-state index in [0.717, 1.165) is 19.6 Å². The molecule has 0 saturated carbocycles. The van der Waals surface area contributed by atoms with Gasteiger partial charge in [-0.3, -0.25) is 4.90 Å². The number of nitrogens with zero attached hydrogens (tertiary/aromatic N) is 2. The summed E-state index contributed by atoms with van der Waals surface area (Å²) < 4.78 is 0. The lowest BCUT2D eigenvalue weighted by Gasteiger charge is -2.41. The monoisotopic (exact) mass is 289 g/mol. The third-order valence-corrected chi connectivity index (χ3v) is 5.21. The first kappa shape index (κ1) is 16.5. The first-order valence-electron chi connectivity index (χ1n) is 8.40. The second-order valence-corrected chi connectivity index (χ2v) is 6.45. The van der Waals surface area contributed by atoms with E-state index in [2.05, 4.69) is 54.0 Å². The number of nitrogens with two attached hydrogens (primary N) is 1. The standard InChI is InChI=1S/C18H31N3/c1-3-18(4-2,15-19)16-21-12-10-20(11-13-21)14-17-8-6-5-7-9-17/h5-9H,3-4,10-16,19H2,1-2H3. The third kappa shape index (κ3) is 4.53. The first-order chi connectivity index (χ1) is 10.2. The van der Waals surface area contributed by atoms with Gasteiger partial charge in [0.25, 0.3) is 0 Å². The van der Waals surface area contributed by atoms with E-state index in [1.807, 2.05) is 0 Å². The molecule has 0 bridgehead atoms. The molecule has 3 heteroatoms. The highest BCUT2D eigenvalue weighted by molar-refractivity contribution is 5.14. The molecule has 1 saturated heterocycles. The Kier molecular flexibility index (Phi) is 6.22. The van der Waals surface area contributed by atoms with Crippen molar-refractivity contribution in [3.05, 3.63) is 35.9 Å². The Morgan fingerprint density at radius 3 is 2.05 bits per heavy atom. The molecule has 0 aromatic heterocycles. The second kappa shape index (κ2) is 7.92. The molecular weight excluding hydrogens is 258 g/mol. The molecule has 21 heavy (non-hydrogen) atoms. The van der Waals surface area contributed by atoms with Gasteiger partial charge in [0.2, 0.25) is 0 Å². The minimum atomic E-state index is 0.321. The Balaban J connectivity index is 1.80. The van der Waals surface area contributed by atoms with Crippen LogP contribution in [0.2, 0.25) is 0 Å². The van der Waals surface area contributed by atoms with Crippen LogP contribution in [0.4, 0.5) is 0 Å². The zero-order valence-corrected chi connectivity index (χ0v) is 13.7. The van der Waals surface area contributed by atoms with Crippen molar-refractivity contribution in [3.8, 4) is 0 Å². The Morgan fingerprint density at radius 1 is 0.952 bits per heavy atom. The number of piperazine rings is 1. The van der Waals surface area contributed by atoms with Crippen molar-refractivity contribution >= 4 is 0 Å². The number of rotatable bonds is 7. The Labute approximate surface area is 130 Å². The van der Waals surface area contributed by atoms with Gasteiger partial charge in [-0.05, 0) is 30.4 Å². The molecule has 2 N–H and O–H groups in total. The van der Waals surface area contributed by atoms with Gasteiger partial charge in [0.15, 0.2) is 0 Å². The molecule has 0 amide bonds. The van der Waals surface area contributed by atoms with E-state index in [0.29, 0.717) is 5.41 Å². The zero-order chi connectivity index (χ0) is 15.1. The fraction of sp³-hybridized carbons (Fsp3) is 0.667. The predicted octanol–water partition coefficient (Wildman–Crippen LogP) is 2.57. The van der Waals surface area contributed by atoms with E-state index in [-0.39, 0.29) is 0 Å². The fourth-order valence-electron chi connectivity index (χ4n) is 3.25. The predicted molar refractivity (Wildman–Crippen MR) is 90.2 cm³/mol. The molecule has 0 unspecified atom stereocenters. The van der Waals surface area contributed by atoms with E-state index < -0.39 is 0 Å². The summed E-state index contributed by atoms with van der Waals surface area (Å²) in [5.41, 5.74) is 7.78. The van der Waals surface area contributed by atoms with Crippen LogP contribution in [0, 0.1) is 5.41 Å². The van der Waals surface area contributed by atoms with Crippen LogP contribution in [0.15, 0.2) is 30.3 Å². The van der Waals surface area contributed by atoms with Gasteiger partial charge in [-0.1, -0.05) is 44.2 Å². The normalized spacial score (nSPS) is 18.0. The van der Waals surface area contributed by atoms with E-state index in [1.54, 1.807) is 0 Å². The molecule has 0 atom stereocenters. The number of hydrogen-bond donors (Lipinski definition) is 1. The topological polar surface area (TPSA) is 32.5 Å². The summed E-state index contributed by atoms with van der Waals surface area (Å²) >= 11 is 0. The van der Waals surface area contributed by atoms with E-state index in [9.17, 15) is 0 Å². The first-order valence-corrected chi connectivity index (χ1v) is 8.40. The van der Waals surface area contributed by atoms with Crippen LogP contribution in [-0.2, 0) is 6.54 Å². The lowest BCUT2D eigenvalue weighted by Crippen LogP contribution is -2.50. The summed E-state index contributed by atoms with van der Waals surface area (Å²) in [5.74, 6) is 0. The maximum absolute atomic E-state index is 6.04. The van der Waals surface area contributed by atoms with Gasteiger partial charge in [0, 0.05) is 39.3 Å². The van der Waals surface area contributed by atoms with Crippen LogP contribution < -0.4 is 5.73 Å². The summed E-state index contributed by atoms with van der Waals surface area (Å²) in [7, 11) is 0. The molecule has 1 aromatic carbocycles. The summed E-state index contributed by atoms with van der Waals surface area (Å²) in [6.45, 7) is 12.3. The molecule has 1 fully saturated rings. The average Bonchev–Trinajstić information content (AvgIpc) is 2.55. The van der Waals surface area contributed by atoms with Crippen molar-refractivity contribution in [2.24, 2.45) is 11.1 Å². The van der Waals surface area contributed by atoms with Crippen molar-refractivity contribution in [3.63, 3.8) is 0 Å². The second-order valence-electron chi connectivity index (χ2n) is 6.45. The average molecular weight is 289 g/mol. The molecular formula is C18H31N3. The highest BCUT2D eigenvalue weighted by Gasteiger charge is 2.28. The highest BCUT2D eigenvalue weighted by Crippen LogP contribution is 2.26. The van der Waals surface area contributed by atoms with Gasteiger partial charge in [-0.2, -0.15) is 0 Å². The SMILES string of the molecule is CCC(CC)(CN)CN1CCN(Cc2ccccc2)CC1. The molecule has 2 rings (SSSR count). The van der Waals surface area contributed by atoms with Gasteiger partial charge in [0.1, 0.15) is 0 Å². The zero-order valence-electron chi connectivity index (χ0n) is 13.7. The van der Waals surface area contributed by atoms with Crippen LogP contribution in [-0.4, -0.2) is 49.1 Å². The largest absolute Gasteiger partial charge is 0.330 e. The number of benzene rings is 1. The summed E-state index contributed by atoms with van der Waals surface area (Å²) in [6, 6.07) is 10.8. The van der Waals surface area contributed by atoms with Crippen molar-refractivity contribution in [1.29, 1.82) is 0 Å². The minimum absolute atomic E-state index is 0.321. The Hall–Kier alpha value is -0.900. The molecule has 1 aliphatic heterocycles. The molecule has 1 heterocycles. The van der Waals surface area contributed by atoms with Crippen molar-refractivity contribution in [2.45, 2.75) is 33.2 Å². The van der Waals surface area contributed by atoms with E-state index in [4.69, 9.17) is 5.73 Å². The van der Waals surface area contributed by atoms with Gasteiger partial charge in [-0.25, -0.2) is 0 Å². The lowest BCUT2D eigenvalue weighted by molar-refractivity contribution is 0.0793. The maximum Gasteiger partial charge on any atom is 0.0234 e. The molecule has 0 spiro atoms. The smallest absolute Gasteiger partial charge is 0.0234 e. The van der Waals surface area contributed by atoms with Crippen molar-refractivity contribution in [1.82, 2.24) is 9.80 Å². The summed E-state index contributed by atoms with van der Waals surface area (Å²) in [6.07, 6.45) is 2.37. The van der Waals surface area contributed by atoms with E-state index in [1.165, 1.54) is 44.6 Å². The van der Waals surface area contributed by atoms with Crippen molar-refractivity contribution in [2.75, 3.05) is 39.3 Å². The molecule has 1 aromatic rings. The molecule has 118 valence electrons. The van der Waals surface area contributed by atoms with Crippen LogP contribution in [0.5, 0.6) is 0 Å². The molecule has 0 aliphatic carbocycles. The van der Waals surface area contributed by atoms with Gasteiger partial charge < -0.3 is 10.6 Å². The highest BCUT2D eigenvalue weighted by atomic mass is 15.3. The van der Waals surface area contributed by atoms with Crippen molar-refractivity contribution < 1.29 is 0 Å². The fourth-order valence-corrected chi connectivity index (χ4v) is 3.25. The van der Waals surface area contributed by atoms with Crippen LogP contribution in [0.3, 0.4) is 0 Å². The minimum Gasteiger partial charge on any atom is -0.330 e. The summed E-state index contributed by atoms with van der Waals surface area (Å²) in [5, 5.41) is 0.